The van der Waals surface area contributed by atoms with E-state index in [0.717, 1.165) is 36.1 Å². The third-order valence-corrected chi connectivity index (χ3v) is 2.75. The van der Waals surface area contributed by atoms with Gasteiger partial charge in [-0.25, -0.2) is 4.98 Å². The van der Waals surface area contributed by atoms with Gasteiger partial charge in [-0.2, -0.15) is 0 Å². The monoisotopic (exact) mass is 227 g/mol. The van der Waals surface area contributed by atoms with Crippen molar-refractivity contribution in [1.29, 1.82) is 0 Å². The Kier molecular flexibility index (Phi) is 3.70. The molecule has 3 heteroatoms. The number of unbranched alkanes of at least 4 members (excludes halogenated alkanes) is 1. The third-order valence-electron chi connectivity index (χ3n) is 2.75. The van der Waals surface area contributed by atoms with Crippen LogP contribution in [0.25, 0.3) is 11.1 Å². The van der Waals surface area contributed by atoms with E-state index >= 15 is 0 Å². The van der Waals surface area contributed by atoms with E-state index in [1.165, 1.54) is 0 Å². The molecule has 17 heavy (non-hydrogen) atoms. The first-order valence-electron chi connectivity index (χ1n) is 5.97. The van der Waals surface area contributed by atoms with Crippen LogP contribution in [0.5, 0.6) is 0 Å². The van der Waals surface area contributed by atoms with Crippen molar-refractivity contribution < 1.29 is 0 Å². The molecule has 0 unspecified atom stereocenters. The van der Waals surface area contributed by atoms with Crippen molar-refractivity contribution in [2.75, 3.05) is 5.73 Å². The van der Waals surface area contributed by atoms with Gasteiger partial charge >= 0.3 is 0 Å². The minimum Gasteiger partial charge on any atom is -0.384 e. The van der Waals surface area contributed by atoms with Crippen LogP contribution in [0.2, 0.25) is 0 Å². The molecule has 0 fully saturated rings. The van der Waals surface area contributed by atoms with Crippen molar-refractivity contribution >= 4 is 5.82 Å². The second kappa shape index (κ2) is 5.43. The molecule has 0 bridgehead atoms. The van der Waals surface area contributed by atoms with Crippen LogP contribution in [0.3, 0.4) is 0 Å². The molecule has 2 N–H and O–H groups in total. The highest BCUT2D eigenvalue weighted by Gasteiger charge is 2.06. The zero-order valence-electron chi connectivity index (χ0n) is 10.1. The number of hydrogen-bond acceptors (Lipinski definition) is 3. The molecule has 3 nitrogen and oxygen atoms in total. The summed E-state index contributed by atoms with van der Waals surface area (Å²) >= 11 is 0. The number of aryl methyl sites for hydroxylation is 1. The van der Waals surface area contributed by atoms with E-state index in [2.05, 4.69) is 16.9 Å². The van der Waals surface area contributed by atoms with E-state index in [-0.39, 0.29) is 0 Å². The zero-order chi connectivity index (χ0) is 12.1. The van der Waals surface area contributed by atoms with Crippen LogP contribution in [0.15, 0.2) is 36.7 Å². The minimum atomic E-state index is 0.592. The molecule has 0 aliphatic carbocycles. The van der Waals surface area contributed by atoms with Gasteiger partial charge in [0, 0.05) is 18.0 Å². The normalized spacial score (nSPS) is 10.4. The van der Waals surface area contributed by atoms with Gasteiger partial charge in [0.25, 0.3) is 0 Å². The van der Waals surface area contributed by atoms with Gasteiger partial charge in [0.05, 0.1) is 5.69 Å². The molecule has 0 radical (unpaired) electrons. The first kappa shape index (κ1) is 11.6. The van der Waals surface area contributed by atoms with E-state index in [0.29, 0.717) is 5.82 Å². The number of nitrogens with two attached hydrogens (primary N) is 1. The number of nitrogen functional groups attached to an aromatic ring is 1. The van der Waals surface area contributed by atoms with Gasteiger partial charge < -0.3 is 5.73 Å². The van der Waals surface area contributed by atoms with E-state index in [1.807, 2.05) is 24.3 Å². The zero-order valence-corrected chi connectivity index (χ0v) is 10.1. The van der Waals surface area contributed by atoms with Gasteiger partial charge in [-0.15, -0.1) is 0 Å². The molecule has 0 aromatic carbocycles. The second-order valence-electron chi connectivity index (χ2n) is 4.07. The summed E-state index contributed by atoms with van der Waals surface area (Å²) in [5, 5.41) is 0. The fourth-order valence-electron chi connectivity index (χ4n) is 1.85. The van der Waals surface area contributed by atoms with Crippen molar-refractivity contribution in [1.82, 2.24) is 9.97 Å². The van der Waals surface area contributed by atoms with E-state index < -0.39 is 0 Å². The number of anilines is 1. The number of pyridine rings is 2. The lowest BCUT2D eigenvalue weighted by molar-refractivity contribution is 0.779. The van der Waals surface area contributed by atoms with E-state index in [9.17, 15) is 0 Å². The number of aromatic nitrogens is 2. The second-order valence-corrected chi connectivity index (χ2v) is 4.07. The predicted octanol–water partition coefficient (Wildman–Crippen LogP) is 3.07. The fraction of sp³-hybridized carbons (Fsp3) is 0.286. The molecule has 0 spiro atoms. The van der Waals surface area contributed by atoms with Crippen LogP contribution in [-0.4, -0.2) is 9.97 Å². The number of hydrogen-bond donors (Lipinski definition) is 1. The molecule has 0 saturated heterocycles. The molecule has 0 atom stereocenters. The third kappa shape index (κ3) is 2.81. The van der Waals surface area contributed by atoms with Gasteiger partial charge in [0.2, 0.25) is 0 Å². The average molecular weight is 227 g/mol. The molecule has 2 rings (SSSR count). The van der Waals surface area contributed by atoms with Gasteiger partial charge in [-0.1, -0.05) is 13.3 Å². The maximum Gasteiger partial charge on any atom is 0.123 e. The maximum absolute atomic E-state index is 5.75. The Morgan fingerprint density at radius 1 is 1.12 bits per heavy atom. The molecular formula is C14H17N3. The van der Waals surface area contributed by atoms with Crippen molar-refractivity contribution in [3.63, 3.8) is 0 Å². The molecule has 0 aliphatic heterocycles. The van der Waals surface area contributed by atoms with Gasteiger partial charge in [-0.05, 0) is 42.7 Å². The SMILES string of the molecule is CCCCc1nc(N)ccc1-c1ccncc1. The van der Waals surface area contributed by atoms with Gasteiger partial charge in [-0.3, -0.25) is 4.98 Å². The van der Waals surface area contributed by atoms with Crippen LogP contribution < -0.4 is 5.73 Å². The van der Waals surface area contributed by atoms with Crippen LogP contribution in [-0.2, 0) is 6.42 Å². The molecular weight excluding hydrogens is 210 g/mol. The molecule has 0 saturated carbocycles. The molecule has 2 aromatic heterocycles. The van der Waals surface area contributed by atoms with Crippen LogP contribution in [0.1, 0.15) is 25.5 Å². The summed E-state index contributed by atoms with van der Waals surface area (Å²) in [5.74, 6) is 0.592. The Labute approximate surface area is 102 Å². The average Bonchev–Trinajstić information content (AvgIpc) is 2.37. The van der Waals surface area contributed by atoms with Crippen LogP contribution in [0, 0.1) is 0 Å². The lowest BCUT2D eigenvalue weighted by atomic mass is 10.0. The molecule has 88 valence electrons. The Morgan fingerprint density at radius 3 is 2.59 bits per heavy atom. The standard InChI is InChI=1S/C14H17N3/c1-2-3-4-13-12(5-6-14(15)17-13)11-7-9-16-10-8-11/h5-10H,2-4H2,1H3,(H2,15,17). The van der Waals surface area contributed by atoms with Crippen molar-refractivity contribution in [3.05, 3.63) is 42.4 Å². The number of rotatable bonds is 4. The lowest BCUT2D eigenvalue weighted by Crippen LogP contribution is -1.99. The lowest BCUT2D eigenvalue weighted by Gasteiger charge is -2.09. The Bertz CT molecular complexity index is 480. The highest BCUT2D eigenvalue weighted by molar-refractivity contribution is 5.66. The largest absolute Gasteiger partial charge is 0.384 e. The topological polar surface area (TPSA) is 51.8 Å². The summed E-state index contributed by atoms with van der Waals surface area (Å²) in [4.78, 5) is 8.48. The van der Waals surface area contributed by atoms with Crippen LogP contribution in [0.4, 0.5) is 5.82 Å². The van der Waals surface area contributed by atoms with Crippen molar-refractivity contribution in [2.45, 2.75) is 26.2 Å². The molecule has 0 amide bonds. The minimum absolute atomic E-state index is 0.592. The van der Waals surface area contributed by atoms with Crippen molar-refractivity contribution in [2.24, 2.45) is 0 Å². The van der Waals surface area contributed by atoms with Crippen LogP contribution >= 0.6 is 0 Å². The fourth-order valence-corrected chi connectivity index (χ4v) is 1.85. The summed E-state index contributed by atoms with van der Waals surface area (Å²) < 4.78 is 0. The van der Waals surface area contributed by atoms with E-state index in [1.54, 1.807) is 12.4 Å². The van der Waals surface area contributed by atoms with Gasteiger partial charge in [0.15, 0.2) is 0 Å². The first-order valence-corrected chi connectivity index (χ1v) is 5.97. The van der Waals surface area contributed by atoms with Crippen molar-refractivity contribution in [3.8, 4) is 11.1 Å². The Hall–Kier alpha value is -1.90. The predicted molar refractivity (Wildman–Crippen MR) is 70.5 cm³/mol. The van der Waals surface area contributed by atoms with E-state index in [4.69, 9.17) is 5.73 Å². The Morgan fingerprint density at radius 2 is 1.88 bits per heavy atom. The Balaban J connectivity index is 2.39. The summed E-state index contributed by atoms with van der Waals surface area (Å²) in [6.45, 7) is 2.18. The highest BCUT2D eigenvalue weighted by Crippen LogP contribution is 2.24. The summed E-state index contributed by atoms with van der Waals surface area (Å²) in [7, 11) is 0. The first-order chi connectivity index (χ1) is 8.31. The smallest absolute Gasteiger partial charge is 0.123 e. The number of nitrogens with zero attached hydrogens (tertiary/aromatic N) is 2. The highest BCUT2D eigenvalue weighted by atomic mass is 14.8. The van der Waals surface area contributed by atoms with Gasteiger partial charge in [0.1, 0.15) is 5.82 Å². The maximum atomic E-state index is 5.75. The summed E-state index contributed by atoms with van der Waals surface area (Å²) in [6, 6.07) is 7.90. The molecule has 0 aliphatic rings. The molecule has 2 heterocycles. The summed E-state index contributed by atoms with van der Waals surface area (Å²) in [5.41, 5.74) is 9.15. The molecule has 2 aromatic rings. The quantitative estimate of drug-likeness (QED) is 0.873. The summed E-state index contributed by atoms with van der Waals surface area (Å²) in [6.07, 6.45) is 6.87.